The van der Waals surface area contributed by atoms with E-state index in [0.717, 1.165) is 17.5 Å². The van der Waals surface area contributed by atoms with E-state index in [1.165, 1.54) is 12.1 Å². The molecule has 2 aromatic heterocycles. The smallest absolute Gasteiger partial charge is 0.341 e. The van der Waals surface area contributed by atoms with Gasteiger partial charge in [0.1, 0.15) is 17.3 Å². The zero-order valence-electron chi connectivity index (χ0n) is 20.5. The summed E-state index contributed by atoms with van der Waals surface area (Å²) >= 11 is 6.33. The molecule has 0 saturated carbocycles. The molecular formula is C29H16ClF5N4O2. The average Bonchev–Trinajstić information content (AvgIpc) is 3.50. The van der Waals surface area contributed by atoms with Crippen LogP contribution in [-0.2, 0) is 6.18 Å². The van der Waals surface area contributed by atoms with Gasteiger partial charge in [0, 0.05) is 55.8 Å². The summed E-state index contributed by atoms with van der Waals surface area (Å²) in [6.07, 6.45) is -3.30. The molecule has 3 aromatic carbocycles. The number of H-pyrrole nitrogens is 1. The van der Waals surface area contributed by atoms with Gasteiger partial charge in [-0.15, -0.1) is 0 Å². The molecule has 1 unspecified atom stereocenters. The summed E-state index contributed by atoms with van der Waals surface area (Å²) in [5, 5.41) is 6.16. The molecule has 1 aliphatic heterocycles. The van der Waals surface area contributed by atoms with E-state index < -0.39 is 46.8 Å². The third-order valence-corrected chi connectivity index (χ3v) is 7.04. The van der Waals surface area contributed by atoms with Crippen molar-refractivity contribution in [3.8, 4) is 11.3 Å². The summed E-state index contributed by atoms with van der Waals surface area (Å²) in [4.78, 5) is 33.7. The molecule has 0 spiro atoms. The van der Waals surface area contributed by atoms with Gasteiger partial charge < -0.3 is 15.6 Å². The minimum absolute atomic E-state index is 0.0237. The fraction of sp³-hybridized carbons (Fsp3) is 0.0690. The van der Waals surface area contributed by atoms with Crippen LogP contribution in [0.3, 0.4) is 0 Å². The summed E-state index contributed by atoms with van der Waals surface area (Å²) in [5.74, 6) is -3.49. The molecule has 6 nitrogen and oxygen atoms in total. The van der Waals surface area contributed by atoms with Crippen LogP contribution in [-0.4, -0.2) is 21.8 Å². The van der Waals surface area contributed by atoms with Crippen molar-refractivity contribution in [2.75, 3.05) is 5.32 Å². The number of rotatable bonds is 4. The Balaban J connectivity index is 1.51. The van der Waals surface area contributed by atoms with Gasteiger partial charge >= 0.3 is 6.18 Å². The number of hydrogen-bond acceptors (Lipinski definition) is 3. The minimum Gasteiger partial charge on any atom is -0.341 e. The van der Waals surface area contributed by atoms with E-state index in [4.69, 9.17) is 11.6 Å². The van der Waals surface area contributed by atoms with Crippen molar-refractivity contribution in [3.63, 3.8) is 0 Å². The molecule has 12 heteroatoms. The molecule has 2 amide bonds. The number of aromatic amines is 1. The zero-order valence-corrected chi connectivity index (χ0v) is 21.3. The van der Waals surface area contributed by atoms with E-state index in [0.29, 0.717) is 29.0 Å². The number of alkyl halides is 3. The molecule has 1 aliphatic rings. The summed E-state index contributed by atoms with van der Waals surface area (Å²) < 4.78 is 68.2. The van der Waals surface area contributed by atoms with Crippen molar-refractivity contribution < 1.29 is 31.5 Å². The summed E-state index contributed by atoms with van der Waals surface area (Å²) in [7, 11) is 0. The molecule has 0 aliphatic carbocycles. The van der Waals surface area contributed by atoms with Crippen molar-refractivity contribution >= 4 is 40.1 Å². The first kappa shape index (κ1) is 26.5. The highest BCUT2D eigenvalue weighted by Gasteiger charge is 2.36. The highest BCUT2D eigenvalue weighted by molar-refractivity contribution is 6.31. The monoisotopic (exact) mass is 582 g/mol. The molecule has 41 heavy (non-hydrogen) atoms. The van der Waals surface area contributed by atoms with Crippen molar-refractivity contribution in [1.82, 2.24) is 15.3 Å². The number of aromatic nitrogens is 2. The third kappa shape index (κ3) is 4.89. The lowest BCUT2D eigenvalue weighted by atomic mass is 9.93. The van der Waals surface area contributed by atoms with E-state index in [9.17, 15) is 31.5 Å². The predicted octanol–water partition coefficient (Wildman–Crippen LogP) is 7.27. The fourth-order valence-corrected chi connectivity index (χ4v) is 5.08. The van der Waals surface area contributed by atoms with Gasteiger partial charge in [-0.1, -0.05) is 11.6 Å². The Kier molecular flexibility index (Phi) is 6.26. The van der Waals surface area contributed by atoms with E-state index in [-0.39, 0.29) is 33.5 Å². The number of anilines is 1. The van der Waals surface area contributed by atoms with Crippen LogP contribution in [0.5, 0.6) is 0 Å². The number of nitrogens with zero attached hydrogens (tertiary/aromatic N) is 1. The second-order valence-corrected chi connectivity index (χ2v) is 9.77. The maximum absolute atomic E-state index is 14.2. The van der Waals surface area contributed by atoms with Crippen LogP contribution >= 0.6 is 11.6 Å². The minimum atomic E-state index is -4.89. The highest BCUT2D eigenvalue weighted by atomic mass is 35.5. The summed E-state index contributed by atoms with van der Waals surface area (Å²) in [6.45, 7) is 0. The maximum atomic E-state index is 14.2. The predicted molar refractivity (Wildman–Crippen MR) is 142 cm³/mol. The number of benzene rings is 3. The third-order valence-electron chi connectivity index (χ3n) is 6.70. The number of nitrogens with one attached hydrogen (secondary N) is 3. The molecule has 3 N–H and O–H groups in total. The number of carbonyl (C=O) groups excluding carboxylic acids is 2. The van der Waals surface area contributed by atoms with Gasteiger partial charge in [0.25, 0.3) is 11.8 Å². The standard InChI is InChI=1S/C29H16ClF5N4O2/c30-21-4-3-17(31)12-19(21)25-24-20(28(41)39-25)8-14(22-9-13-2-1-5-36-26(13)37-22)10-23(24)38-27(40)15-6-16(29(33,34)35)11-18(32)7-15/h1-12,25H,(H,36,37)(H,38,40)(H,39,41). The molecular weight excluding hydrogens is 567 g/mol. The second kappa shape index (κ2) is 9.70. The van der Waals surface area contributed by atoms with Gasteiger partial charge in [-0.3, -0.25) is 9.59 Å². The average molecular weight is 583 g/mol. The Morgan fingerprint density at radius 3 is 2.54 bits per heavy atom. The van der Waals surface area contributed by atoms with Crippen molar-refractivity contribution in [2.24, 2.45) is 0 Å². The van der Waals surface area contributed by atoms with Gasteiger partial charge in [-0.25, -0.2) is 13.8 Å². The number of carbonyl (C=O) groups is 2. The Bertz CT molecular complexity index is 1850. The second-order valence-electron chi connectivity index (χ2n) is 9.36. The molecule has 5 aromatic rings. The van der Waals surface area contributed by atoms with Crippen molar-refractivity contribution in [1.29, 1.82) is 0 Å². The molecule has 3 heterocycles. The van der Waals surface area contributed by atoms with Crippen LogP contribution in [0.1, 0.15) is 43.4 Å². The lowest BCUT2D eigenvalue weighted by molar-refractivity contribution is -0.137. The molecule has 0 bridgehead atoms. The van der Waals surface area contributed by atoms with Gasteiger partial charge in [0.2, 0.25) is 0 Å². The SMILES string of the molecule is O=C(Nc1cc(-c2cc3cccnc3[nH]2)cc2c1C(c1cc(F)ccc1Cl)NC2=O)c1cc(F)cc(C(F)(F)F)c1. The summed E-state index contributed by atoms with van der Waals surface area (Å²) in [6, 6.07) is 12.4. The molecule has 1 atom stereocenters. The van der Waals surface area contributed by atoms with Crippen molar-refractivity contribution in [2.45, 2.75) is 12.2 Å². The van der Waals surface area contributed by atoms with Crippen molar-refractivity contribution in [3.05, 3.63) is 117 Å². The van der Waals surface area contributed by atoms with E-state index in [1.807, 2.05) is 6.07 Å². The van der Waals surface area contributed by atoms with Crippen LogP contribution in [0.25, 0.3) is 22.3 Å². The molecule has 206 valence electrons. The maximum Gasteiger partial charge on any atom is 0.416 e. The Morgan fingerprint density at radius 2 is 1.78 bits per heavy atom. The van der Waals surface area contributed by atoms with Crippen LogP contribution in [0, 0.1) is 11.6 Å². The van der Waals surface area contributed by atoms with Crippen LogP contribution < -0.4 is 10.6 Å². The van der Waals surface area contributed by atoms with E-state index in [1.54, 1.807) is 24.4 Å². The number of amides is 2. The summed E-state index contributed by atoms with van der Waals surface area (Å²) in [5.41, 5.74) is 0.138. The number of fused-ring (bicyclic) bond motifs is 2. The number of hydrogen-bond donors (Lipinski definition) is 3. The first-order valence-electron chi connectivity index (χ1n) is 12.0. The van der Waals surface area contributed by atoms with E-state index >= 15 is 0 Å². The van der Waals surface area contributed by atoms with Gasteiger partial charge in [-0.2, -0.15) is 13.2 Å². The van der Waals surface area contributed by atoms with Gasteiger partial charge in [-0.05, 0) is 66.7 Å². The Labute approximate surface area is 233 Å². The zero-order chi connectivity index (χ0) is 29.1. The molecule has 0 fully saturated rings. The largest absolute Gasteiger partial charge is 0.416 e. The van der Waals surface area contributed by atoms with Gasteiger partial charge in [0.05, 0.1) is 11.6 Å². The van der Waals surface area contributed by atoms with Crippen LogP contribution in [0.4, 0.5) is 27.6 Å². The Hall–Kier alpha value is -4.77. The quantitative estimate of drug-likeness (QED) is 0.195. The first-order chi connectivity index (χ1) is 19.5. The Morgan fingerprint density at radius 1 is 0.976 bits per heavy atom. The topological polar surface area (TPSA) is 86.9 Å². The van der Waals surface area contributed by atoms with Gasteiger partial charge in [0.15, 0.2) is 0 Å². The number of halogens is 6. The molecule has 6 rings (SSSR count). The number of pyridine rings is 1. The van der Waals surface area contributed by atoms with Crippen LogP contribution in [0.15, 0.2) is 72.9 Å². The highest BCUT2D eigenvalue weighted by Crippen LogP contribution is 2.42. The molecule has 0 radical (unpaired) electrons. The lowest BCUT2D eigenvalue weighted by Crippen LogP contribution is -2.21. The lowest BCUT2D eigenvalue weighted by Gasteiger charge is -2.19. The fourth-order valence-electron chi connectivity index (χ4n) is 4.85. The normalized spacial score (nSPS) is 14.7. The van der Waals surface area contributed by atoms with Crippen LogP contribution in [0.2, 0.25) is 5.02 Å². The molecule has 0 saturated heterocycles. The van der Waals surface area contributed by atoms with E-state index in [2.05, 4.69) is 20.6 Å². The first-order valence-corrected chi connectivity index (χ1v) is 12.4.